The number of carbonyl (C=O) groups excluding carboxylic acids is 1. The van der Waals surface area contributed by atoms with Crippen LogP contribution in [0.25, 0.3) is 5.69 Å². The number of aromatic nitrogens is 2. The van der Waals surface area contributed by atoms with Gasteiger partial charge in [0, 0.05) is 18.3 Å². The fraction of sp³-hybridized carbons (Fsp3) is 0.158. The van der Waals surface area contributed by atoms with Gasteiger partial charge in [0.15, 0.2) is 5.69 Å². The van der Waals surface area contributed by atoms with E-state index in [9.17, 15) is 9.18 Å². The molecule has 0 aliphatic heterocycles. The van der Waals surface area contributed by atoms with Crippen molar-refractivity contribution >= 4 is 5.91 Å². The molecule has 3 aromatic rings. The zero-order valence-electron chi connectivity index (χ0n) is 14.4. The summed E-state index contributed by atoms with van der Waals surface area (Å²) >= 11 is 0. The summed E-state index contributed by atoms with van der Waals surface area (Å²) in [5, 5.41) is 7.03. The number of rotatable bonds is 6. The molecule has 0 fully saturated rings. The zero-order chi connectivity index (χ0) is 18.5. The highest BCUT2D eigenvalue weighted by molar-refractivity contribution is 5.92. The highest BCUT2D eigenvalue weighted by atomic mass is 19.1. The SMILES string of the molecule is COc1ccc(OC)c(CNC(=O)c2ccn(-c3ccc(F)cc3)n2)c1. The minimum absolute atomic E-state index is 0.260. The van der Waals surface area contributed by atoms with Crippen LogP contribution in [-0.4, -0.2) is 29.9 Å². The Hall–Kier alpha value is -3.35. The number of hydrogen-bond donors (Lipinski definition) is 1. The molecule has 3 rings (SSSR count). The first-order chi connectivity index (χ1) is 12.6. The van der Waals surface area contributed by atoms with Gasteiger partial charge >= 0.3 is 0 Å². The van der Waals surface area contributed by atoms with Crippen LogP contribution in [0.5, 0.6) is 11.5 Å². The fourth-order valence-electron chi connectivity index (χ4n) is 2.47. The van der Waals surface area contributed by atoms with Crippen LogP contribution in [0.3, 0.4) is 0 Å². The number of halogens is 1. The Balaban J connectivity index is 1.70. The van der Waals surface area contributed by atoms with Crippen LogP contribution in [0, 0.1) is 5.82 Å². The lowest BCUT2D eigenvalue weighted by Crippen LogP contribution is -2.23. The van der Waals surface area contributed by atoms with E-state index < -0.39 is 0 Å². The summed E-state index contributed by atoms with van der Waals surface area (Å²) in [6.07, 6.45) is 1.65. The first-order valence-corrected chi connectivity index (χ1v) is 7.91. The first kappa shape index (κ1) is 17.5. The van der Waals surface area contributed by atoms with E-state index in [4.69, 9.17) is 9.47 Å². The maximum Gasteiger partial charge on any atom is 0.272 e. The molecule has 0 saturated carbocycles. The molecule has 1 heterocycles. The molecule has 6 nitrogen and oxygen atoms in total. The van der Waals surface area contributed by atoms with Gasteiger partial charge in [0.05, 0.1) is 19.9 Å². The summed E-state index contributed by atoms with van der Waals surface area (Å²) in [6.45, 7) is 0.266. The molecule has 0 saturated heterocycles. The van der Waals surface area contributed by atoms with Gasteiger partial charge in [-0.3, -0.25) is 4.79 Å². The van der Waals surface area contributed by atoms with E-state index in [1.54, 1.807) is 56.8 Å². The number of benzene rings is 2. The minimum atomic E-state index is -0.328. The molecule has 134 valence electrons. The molecule has 7 heteroatoms. The van der Waals surface area contributed by atoms with E-state index in [1.165, 1.54) is 16.8 Å². The van der Waals surface area contributed by atoms with E-state index in [0.29, 0.717) is 17.2 Å². The smallest absolute Gasteiger partial charge is 0.272 e. The van der Waals surface area contributed by atoms with Gasteiger partial charge in [0.2, 0.25) is 0 Å². The molecule has 26 heavy (non-hydrogen) atoms. The van der Waals surface area contributed by atoms with Crippen molar-refractivity contribution in [1.29, 1.82) is 0 Å². The molecule has 0 atom stereocenters. The van der Waals surface area contributed by atoms with Gasteiger partial charge in [-0.1, -0.05) is 0 Å². The number of nitrogens with one attached hydrogen (secondary N) is 1. The van der Waals surface area contributed by atoms with Gasteiger partial charge in [0.25, 0.3) is 5.91 Å². The van der Waals surface area contributed by atoms with Crippen LogP contribution in [0.1, 0.15) is 16.1 Å². The summed E-state index contributed by atoms with van der Waals surface area (Å²) in [5.74, 6) is 0.681. The number of hydrogen-bond acceptors (Lipinski definition) is 4. The molecule has 2 aromatic carbocycles. The first-order valence-electron chi connectivity index (χ1n) is 7.91. The van der Waals surface area contributed by atoms with Crippen LogP contribution in [-0.2, 0) is 6.54 Å². The number of nitrogens with zero attached hydrogens (tertiary/aromatic N) is 2. The van der Waals surface area contributed by atoms with Gasteiger partial charge in [-0.05, 0) is 48.5 Å². The number of ether oxygens (including phenoxy) is 2. The van der Waals surface area contributed by atoms with Crippen LogP contribution in [0.15, 0.2) is 54.7 Å². The molecule has 1 N–H and O–H groups in total. The predicted molar refractivity (Wildman–Crippen MR) is 94.2 cm³/mol. The largest absolute Gasteiger partial charge is 0.497 e. The molecule has 0 aliphatic carbocycles. The second kappa shape index (κ2) is 7.69. The van der Waals surface area contributed by atoms with E-state index in [0.717, 1.165) is 5.56 Å². The second-order valence-electron chi connectivity index (χ2n) is 5.48. The van der Waals surface area contributed by atoms with Crippen molar-refractivity contribution in [2.45, 2.75) is 6.54 Å². The third-order valence-electron chi connectivity index (χ3n) is 3.84. The Labute approximate surface area is 150 Å². The Kier molecular flexibility index (Phi) is 5.17. The molecule has 0 spiro atoms. The fourth-order valence-corrected chi connectivity index (χ4v) is 2.47. The molecule has 1 amide bonds. The third kappa shape index (κ3) is 3.83. The molecule has 1 aromatic heterocycles. The van der Waals surface area contributed by atoms with Crippen LogP contribution in [0.4, 0.5) is 4.39 Å². The lowest BCUT2D eigenvalue weighted by molar-refractivity contribution is 0.0945. The summed E-state index contributed by atoms with van der Waals surface area (Å²) in [7, 11) is 3.14. The summed E-state index contributed by atoms with van der Waals surface area (Å²) in [4.78, 5) is 12.4. The Morgan fingerprint density at radius 2 is 1.88 bits per heavy atom. The molecular formula is C19H18FN3O3. The third-order valence-corrected chi connectivity index (χ3v) is 3.84. The van der Waals surface area contributed by atoms with Gasteiger partial charge in [0.1, 0.15) is 17.3 Å². The topological polar surface area (TPSA) is 65.4 Å². The number of carbonyl (C=O) groups is 1. The van der Waals surface area contributed by atoms with E-state index in [-0.39, 0.29) is 24.0 Å². The summed E-state index contributed by atoms with van der Waals surface area (Å²) < 4.78 is 25.0. The summed E-state index contributed by atoms with van der Waals surface area (Å²) in [5.41, 5.74) is 1.72. The van der Waals surface area contributed by atoms with Gasteiger partial charge in [-0.2, -0.15) is 5.10 Å². The highest BCUT2D eigenvalue weighted by Crippen LogP contribution is 2.23. The highest BCUT2D eigenvalue weighted by Gasteiger charge is 2.12. The molecule has 0 radical (unpaired) electrons. The average molecular weight is 355 g/mol. The molecule has 0 bridgehead atoms. The average Bonchev–Trinajstić information content (AvgIpc) is 3.16. The van der Waals surface area contributed by atoms with Crippen molar-refractivity contribution in [3.8, 4) is 17.2 Å². The van der Waals surface area contributed by atoms with Crippen molar-refractivity contribution in [3.05, 3.63) is 71.8 Å². The Bertz CT molecular complexity index is 907. The van der Waals surface area contributed by atoms with Crippen molar-refractivity contribution in [3.63, 3.8) is 0 Å². The van der Waals surface area contributed by atoms with Crippen molar-refractivity contribution in [2.75, 3.05) is 14.2 Å². The zero-order valence-corrected chi connectivity index (χ0v) is 14.4. The van der Waals surface area contributed by atoms with Crippen LogP contribution in [0.2, 0.25) is 0 Å². The Morgan fingerprint density at radius 3 is 2.58 bits per heavy atom. The molecular weight excluding hydrogens is 337 g/mol. The predicted octanol–water partition coefficient (Wildman–Crippen LogP) is 2.96. The van der Waals surface area contributed by atoms with Gasteiger partial charge < -0.3 is 14.8 Å². The quantitative estimate of drug-likeness (QED) is 0.738. The van der Waals surface area contributed by atoms with E-state index >= 15 is 0 Å². The summed E-state index contributed by atoms with van der Waals surface area (Å²) in [6, 6.07) is 12.8. The minimum Gasteiger partial charge on any atom is -0.497 e. The van der Waals surface area contributed by atoms with Crippen LogP contribution < -0.4 is 14.8 Å². The maximum absolute atomic E-state index is 13.0. The van der Waals surface area contributed by atoms with Crippen molar-refractivity contribution < 1.29 is 18.7 Å². The maximum atomic E-state index is 13.0. The van der Waals surface area contributed by atoms with Crippen LogP contribution >= 0.6 is 0 Å². The van der Waals surface area contributed by atoms with Gasteiger partial charge in [-0.25, -0.2) is 9.07 Å². The standard InChI is InChI=1S/C19H18FN3O3/c1-25-16-7-8-18(26-2)13(11-16)12-21-19(24)17-9-10-23(22-17)15-5-3-14(20)4-6-15/h3-11H,12H2,1-2H3,(H,21,24). The van der Waals surface area contributed by atoms with E-state index in [2.05, 4.69) is 10.4 Å². The molecule has 0 aliphatic rings. The lowest BCUT2D eigenvalue weighted by atomic mass is 10.2. The monoisotopic (exact) mass is 355 g/mol. The Morgan fingerprint density at radius 1 is 1.12 bits per heavy atom. The lowest BCUT2D eigenvalue weighted by Gasteiger charge is -2.11. The normalized spacial score (nSPS) is 10.4. The number of amides is 1. The van der Waals surface area contributed by atoms with Gasteiger partial charge in [-0.15, -0.1) is 0 Å². The van der Waals surface area contributed by atoms with Crippen molar-refractivity contribution in [2.24, 2.45) is 0 Å². The van der Waals surface area contributed by atoms with E-state index in [1.807, 2.05) is 0 Å². The number of methoxy groups -OCH3 is 2. The second-order valence-corrected chi connectivity index (χ2v) is 5.48. The molecule has 0 unspecified atom stereocenters. The van der Waals surface area contributed by atoms with Crippen molar-refractivity contribution in [1.82, 2.24) is 15.1 Å².